The van der Waals surface area contributed by atoms with E-state index >= 15 is 0 Å². The maximum Gasteiger partial charge on any atom is 0.332 e. The predicted molar refractivity (Wildman–Crippen MR) is 120 cm³/mol. The number of carbonyl (C=O) groups excluding carboxylic acids is 4. The molecule has 1 aliphatic rings. The number of amides is 5. The van der Waals surface area contributed by atoms with Crippen LogP contribution < -0.4 is 31.7 Å². The molecular formula is C18H17N7O8S2. The van der Waals surface area contributed by atoms with E-state index in [2.05, 4.69) is 10.4 Å². The number of hydrogen-bond acceptors (Lipinski definition) is 9. The van der Waals surface area contributed by atoms with Gasteiger partial charge in [0.15, 0.2) is 5.92 Å². The lowest BCUT2D eigenvalue weighted by atomic mass is 10.0. The maximum atomic E-state index is 13.1. The standard InChI is InChI=1S/C18H17N7O8S2/c19-18(29)24-23-14-13(15(26)22-9-1-5-11(6-2-9)34(20,30)31)16(27)25(17(14)28)10-3-7-12(8-4-10)35(21,32)33/h1-8,13H,(H,22,26)(H3,19,24,29)(H2,20,30,31)(H2,21,32,33)/b23-14+/t13-/m1/s1. The first-order chi connectivity index (χ1) is 16.2. The summed E-state index contributed by atoms with van der Waals surface area (Å²) in [4.78, 5) is 50.0. The molecule has 5 amide bonds. The molecule has 15 nitrogen and oxygen atoms in total. The molecule has 8 N–H and O–H groups in total. The molecule has 2 aromatic carbocycles. The molecule has 17 heteroatoms. The Morgan fingerprint density at radius 1 is 0.857 bits per heavy atom. The molecule has 2 aromatic rings. The fraction of sp³-hybridized carbons (Fsp3) is 0.0556. The number of carbonyl (C=O) groups is 4. The van der Waals surface area contributed by atoms with Crippen LogP contribution in [-0.4, -0.2) is 46.3 Å². The number of primary amides is 1. The first kappa shape index (κ1) is 25.4. The molecule has 1 heterocycles. The van der Waals surface area contributed by atoms with Crippen molar-refractivity contribution in [1.82, 2.24) is 5.43 Å². The molecule has 0 unspecified atom stereocenters. The van der Waals surface area contributed by atoms with Gasteiger partial charge in [-0.2, -0.15) is 5.10 Å². The fourth-order valence-corrected chi connectivity index (χ4v) is 4.05. The third-order valence-electron chi connectivity index (χ3n) is 4.59. The summed E-state index contributed by atoms with van der Waals surface area (Å²) in [6.45, 7) is 0. The number of anilines is 2. The van der Waals surface area contributed by atoms with Crippen molar-refractivity contribution in [3.8, 4) is 0 Å². The molecular weight excluding hydrogens is 506 g/mol. The Kier molecular flexibility index (Phi) is 6.70. The van der Waals surface area contributed by atoms with E-state index in [-0.39, 0.29) is 21.2 Å². The minimum absolute atomic E-state index is 0.0563. The number of sulfonamides is 2. The van der Waals surface area contributed by atoms with Crippen molar-refractivity contribution in [2.45, 2.75) is 9.79 Å². The summed E-state index contributed by atoms with van der Waals surface area (Å²) in [5.74, 6) is -5.04. The van der Waals surface area contributed by atoms with Crippen LogP contribution in [0.5, 0.6) is 0 Å². The Morgan fingerprint density at radius 2 is 1.34 bits per heavy atom. The number of nitrogens with two attached hydrogens (primary N) is 3. The molecule has 184 valence electrons. The van der Waals surface area contributed by atoms with Crippen LogP contribution in [0, 0.1) is 5.92 Å². The normalized spacial score (nSPS) is 17.5. The molecule has 0 spiro atoms. The summed E-state index contributed by atoms with van der Waals surface area (Å²) in [7, 11) is -8.04. The van der Waals surface area contributed by atoms with Crippen molar-refractivity contribution in [2.24, 2.45) is 27.0 Å². The number of benzene rings is 2. The monoisotopic (exact) mass is 523 g/mol. The van der Waals surface area contributed by atoms with Gasteiger partial charge in [-0.3, -0.25) is 14.4 Å². The van der Waals surface area contributed by atoms with Crippen LogP contribution in [0.2, 0.25) is 0 Å². The molecule has 3 rings (SSSR count). The molecule has 1 atom stereocenters. The third-order valence-corrected chi connectivity index (χ3v) is 6.44. The SMILES string of the molecule is NC(=O)N/N=C1/C(=O)N(c2ccc(S(N)(=O)=O)cc2)C(=O)[C@H]1C(=O)Nc1ccc(S(N)(=O)=O)cc1. The predicted octanol–water partition coefficient (Wildman–Crippen LogP) is -1.87. The van der Waals surface area contributed by atoms with Crippen LogP contribution in [-0.2, 0) is 34.4 Å². The lowest BCUT2D eigenvalue weighted by Gasteiger charge is -2.14. The van der Waals surface area contributed by atoms with Gasteiger partial charge >= 0.3 is 6.03 Å². The highest BCUT2D eigenvalue weighted by atomic mass is 32.2. The zero-order chi connectivity index (χ0) is 26.1. The Bertz CT molecular complexity index is 1470. The van der Waals surface area contributed by atoms with E-state index in [1.165, 1.54) is 12.1 Å². The summed E-state index contributed by atoms with van der Waals surface area (Å²) in [5.41, 5.74) is 6.01. The molecule has 1 saturated heterocycles. The van der Waals surface area contributed by atoms with Gasteiger partial charge in [0.25, 0.3) is 11.8 Å². The van der Waals surface area contributed by atoms with Crippen LogP contribution in [0.1, 0.15) is 0 Å². The topological polar surface area (TPSA) is 254 Å². The number of imide groups is 1. The number of nitrogens with zero attached hydrogens (tertiary/aromatic N) is 2. The van der Waals surface area contributed by atoms with Gasteiger partial charge in [0.1, 0.15) is 5.71 Å². The summed E-state index contributed by atoms with van der Waals surface area (Å²) in [5, 5.41) is 15.9. The van der Waals surface area contributed by atoms with Gasteiger partial charge in [0, 0.05) is 5.69 Å². The van der Waals surface area contributed by atoms with E-state index in [4.69, 9.17) is 16.0 Å². The number of hydrogen-bond donors (Lipinski definition) is 5. The van der Waals surface area contributed by atoms with E-state index in [0.29, 0.717) is 4.90 Å². The van der Waals surface area contributed by atoms with Crippen molar-refractivity contribution >= 4 is 60.9 Å². The van der Waals surface area contributed by atoms with E-state index in [1.54, 1.807) is 5.43 Å². The minimum Gasteiger partial charge on any atom is -0.350 e. The Morgan fingerprint density at radius 3 is 1.80 bits per heavy atom. The second-order valence-corrected chi connectivity index (χ2v) is 10.1. The summed E-state index contributed by atoms with van der Waals surface area (Å²) in [6, 6.07) is 7.75. The Balaban J connectivity index is 1.95. The van der Waals surface area contributed by atoms with Gasteiger partial charge in [-0.15, -0.1) is 0 Å². The van der Waals surface area contributed by atoms with E-state index in [9.17, 15) is 36.0 Å². The van der Waals surface area contributed by atoms with Crippen LogP contribution in [0.15, 0.2) is 63.4 Å². The number of rotatable bonds is 6. The zero-order valence-electron chi connectivity index (χ0n) is 17.4. The Hall–Kier alpha value is -4.19. The maximum absolute atomic E-state index is 13.1. The summed E-state index contributed by atoms with van der Waals surface area (Å²) < 4.78 is 45.7. The van der Waals surface area contributed by atoms with Gasteiger partial charge in [0.05, 0.1) is 15.5 Å². The van der Waals surface area contributed by atoms with Crippen molar-refractivity contribution in [3.05, 3.63) is 48.5 Å². The molecule has 35 heavy (non-hydrogen) atoms. The van der Waals surface area contributed by atoms with E-state index < -0.39 is 55.4 Å². The van der Waals surface area contributed by atoms with Crippen molar-refractivity contribution < 1.29 is 36.0 Å². The first-order valence-electron chi connectivity index (χ1n) is 9.28. The number of hydrazone groups is 1. The van der Waals surface area contributed by atoms with Gasteiger partial charge < -0.3 is 11.1 Å². The lowest BCUT2D eigenvalue weighted by molar-refractivity contribution is -0.127. The summed E-state index contributed by atoms with van der Waals surface area (Å²) >= 11 is 0. The highest BCUT2D eigenvalue weighted by Crippen LogP contribution is 2.27. The molecule has 0 aliphatic carbocycles. The number of urea groups is 1. The number of nitrogens with one attached hydrogen (secondary N) is 2. The van der Waals surface area contributed by atoms with Crippen LogP contribution >= 0.6 is 0 Å². The molecule has 0 saturated carbocycles. The van der Waals surface area contributed by atoms with E-state index in [1.807, 2.05) is 0 Å². The molecule has 0 bridgehead atoms. The minimum atomic E-state index is -4.05. The van der Waals surface area contributed by atoms with Crippen molar-refractivity contribution in [2.75, 3.05) is 10.2 Å². The van der Waals surface area contributed by atoms with Gasteiger partial charge in [-0.05, 0) is 48.5 Å². The lowest BCUT2D eigenvalue weighted by Crippen LogP contribution is -2.35. The van der Waals surface area contributed by atoms with Crippen LogP contribution in [0.4, 0.5) is 16.2 Å². The summed E-state index contributed by atoms with van der Waals surface area (Å²) in [6.07, 6.45) is 0. The van der Waals surface area contributed by atoms with Crippen LogP contribution in [0.3, 0.4) is 0 Å². The van der Waals surface area contributed by atoms with Crippen LogP contribution in [0.25, 0.3) is 0 Å². The molecule has 1 aliphatic heterocycles. The molecule has 0 aromatic heterocycles. The Labute approximate surface area is 198 Å². The number of primary sulfonamides is 2. The van der Waals surface area contributed by atoms with E-state index in [0.717, 1.165) is 36.4 Å². The largest absolute Gasteiger partial charge is 0.350 e. The highest BCUT2D eigenvalue weighted by molar-refractivity contribution is 7.89. The smallest absolute Gasteiger partial charge is 0.332 e. The third kappa shape index (κ3) is 5.49. The van der Waals surface area contributed by atoms with Gasteiger partial charge in [0.2, 0.25) is 26.0 Å². The molecule has 0 radical (unpaired) electrons. The highest BCUT2D eigenvalue weighted by Gasteiger charge is 2.50. The van der Waals surface area contributed by atoms with Gasteiger partial charge in [-0.1, -0.05) is 0 Å². The average molecular weight is 524 g/mol. The second-order valence-electron chi connectivity index (χ2n) is 6.98. The van der Waals surface area contributed by atoms with Crippen molar-refractivity contribution in [1.29, 1.82) is 0 Å². The first-order valence-corrected chi connectivity index (χ1v) is 12.4. The fourth-order valence-electron chi connectivity index (χ4n) is 3.02. The van der Waals surface area contributed by atoms with Gasteiger partial charge in [-0.25, -0.2) is 42.2 Å². The second kappa shape index (κ2) is 9.22. The zero-order valence-corrected chi connectivity index (χ0v) is 19.0. The average Bonchev–Trinajstić information content (AvgIpc) is 3.00. The molecule has 1 fully saturated rings. The quantitative estimate of drug-likeness (QED) is 0.162. The van der Waals surface area contributed by atoms with Crippen molar-refractivity contribution in [3.63, 3.8) is 0 Å².